The molecule has 3 aromatic heterocycles. The smallest absolute Gasteiger partial charge is 0.100 e. The van der Waals surface area contributed by atoms with Gasteiger partial charge in [0, 0.05) is 28.7 Å². The first kappa shape index (κ1) is 22.7. The molecule has 0 aromatic carbocycles. The minimum absolute atomic E-state index is 0.347. The number of fused-ring (bicyclic) bond motifs is 3. The van der Waals surface area contributed by atoms with Crippen molar-refractivity contribution in [2.24, 2.45) is 0 Å². The molecule has 0 fully saturated rings. The second-order valence-corrected chi connectivity index (χ2v) is 27.1. The van der Waals surface area contributed by atoms with Crippen molar-refractivity contribution in [3.05, 3.63) is 8.95 Å². The lowest BCUT2D eigenvalue weighted by atomic mass is 10.2. The Morgan fingerprint density at radius 1 is 0.593 bits per heavy atom. The molecular formula is C20H30Br2S3Si2. The third-order valence-electron chi connectivity index (χ3n) is 6.96. The van der Waals surface area contributed by atoms with E-state index in [-0.39, 0.29) is 0 Å². The molecule has 0 atom stereocenters. The lowest BCUT2D eigenvalue weighted by molar-refractivity contribution is 0.730. The van der Waals surface area contributed by atoms with Crippen molar-refractivity contribution < 1.29 is 0 Å². The maximum Gasteiger partial charge on any atom is 0.100 e. The Labute approximate surface area is 195 Å². The van der Waals surface area contributed by atoms with Crippen LogP contribution in [0.2, 0.25) is 36.3 Å². The van der Waals surface area contributed by atoms with Crippen LogP contribution in [-0.2, 0) is 0 Å². The lowest BCUT2D eigenvalue weighted by Crippen LogP contribution is -2.48. The van der Waals surface area contributed by atoms with Crippen LogP contribution in [0, 0.1) is 0 Å². The predicted molar refractivity (Wildman–Crippen MR) is 144 cm³/mol. The molecule has 0 aliphatic carbocycles. The van der Waals surface area contributed by atoms with Crippen molar-refractivity contribution in [3.8, 4) is 0 Å². The van der Waals surface area contributed by atoms with Crippen molar-refractivity contribution in [2.45, 2.75) is 77.8 Å². The van der Waals surface area contributed by atoms with Gasteiger partial charge in [0.2, 0.25) is 0 Å². The van der Waals surface area contributed by atoms with E-state index in [1.54, 1.807) is 9.00 Å². The Morgan fingerprint density at radius 2 is 0.889 bits per heavy atom. The maximum atomic E-state index is 4.06. The van der Waals surface area contributed by atoms with E-state index in [2.05, 4.69) is 99.6 Å². The van der Waals surface area contributed by atoms with Crippen LogP contribution in [0.3, 0.4) is 0 Å². The number of hydrogen-bond acceptors (Lipinski definition) is 3. The second-order valence-electron chi connectivity index (χ2n) is 10.7. The summed E-state index contributed by atoms with van der Waals surface area (Å²) in [7, 11) is -3.12. The highest BCUT2D eigenvalue weighted by Gasteiger charge is 2.43. The van der Waals surface area contributed by atoms with Crippen molar-refractivity contribution in [2.75, 3.05) is 0 Å². The molecule has 0 aliphatic heterocycles. The average Bonchev–Trinajstić information content (AvgIpc) is 3.07. The van der Waals surface area contributed by atoms with E-state index in [1.165, 1.54) is 27.7 Å². The summed E-state index contributed by atoms with van der Waals surface area (Å²) < 4.78 is 8.97. The minimum atomic E-state index is -1.56. The molecule has 3 rings (SSSR count). The van der Waals surface area contributed by atoms with Crippen molar-refractivity contribution in [1.82, 2.24) is 0 Å². The molecule has 0 amide bonds. The fourth-order valence-electron chi connectivity index (χ4n) is 2.92. The van der Waals surface area contributed by atoms with Gasteiger partial charge in [-0.2, -0.15) is 0 Å². The van der Waals surface area contributed by atoms with Crippen molar-refractivity contribution in [3.63, 3.8) is 0 Å². The van der Waals surface area contributed by atoms with Crippen molar-refractivity contribution in [1.29, 1.82) is 0 Å². The van der Waals surface area contributed by atoms with Gasteiger partial charge in [-0.05, 0) is 41.9 Å². The Morgan fingerprint density at radius 3 is 1.15 bits per heavy atom. The summed E-state index contributed by atoms with van der Waals surface area (Å²) in [5.41, 5.74) is 0. The fourth-order valence-corrected chi connectivity index (χ4v) is 19.0. The normalized spacial score (nSPS) is 14.7. The number of halogens is 2. The van der Waals surface area contributed by atoms with Gasteiger partial charge < -0.3 is 0 Å². The monoisotopic (exact) mass is 580 g/mol. The molecule has 0 saturated heterocycles. The van der Waals surface area contributed by atoms with Gasteiger partial charge in [-0.3, -0.25) is 0 Å². The fraction of sp³-hybridized carbons (Fsp3) is 0.600. The Bertz CT molecular complexity index is 943. The van der Waals surface area contributed by atoms with Gasteiger partial charge in [-0.25, -0.2) is 0 Å². The van der Waals surface area contributed by atoms with Crippen LogP contribution < -0.4 is 9.00 Å². The zero-order valence-electron chi connectivity index (χ0n) is 18.0. The van der Waals surface area contributed by atoms with Gasteiger partial charge in [0.15, 0.2) is 0 Å². The quantitative estimate of drug-likeness (QED) is 0.265. The number of rotatable bonds is 2. The molecular weight excluding hydrogens is 552 g/mol. The van der Waals surface area contributed by atoms with Gasteiger partial charge >= 0.3 is 0 Å². The third kappa shape index (κ3) is 3.35. The van der Waals surface area contributed by atoms with Gasteiger partial charge in [0.05, 0.1) is 8.03 Å². The standard InChI is InChI=1S/C20H30Br2S3Si2/c1-19(2,3)26(7,8)17-13(21)11-12-14(22)18(27(9,10)20(4,5)6)25-16(12)23-15(11)24-17/h1-10H3. The summed E-state index contributed by atoms with van der Waals surface area (Å²) in [5, 5.41) is 3.63. The molecule has 3 heterocycles. The molecule has 0 nitrogen and oxygen atoms in total. The van der Waals surface area contributed by atoms with Crippen LogP contribution in [0.1, 0.15) is 41.5 Å². The molecule has 150 valence electrons. The van der Waals surface area contributed by atoms with E-state index in [4.69, 9.17) is 0 Å². The van der Waals surface area contributed by atoms with Crippen LogP contribution in [0.15, 0.2) is 8.95 Å². The highest BCUT2D eigenvalue weighted by Crippen LogP contribution is 2.51. The van der Waals surface area contributed by atoms with Crippen LogP contribution in [0.5, 0.6) is 0 Å². The van der Waals surface area contributed by atoms with E-state index in [0.29, 0.717) is 10.1 Å². The molecule has 0 N–H and O–H groups in total. The van der Waals surface area contributed by atoms with E-state index in [9.17, 15) is 0 Å². The lowest BCUT2D eigenvalue weighted by Gasteiger charge is -2.36. The van der Waals surface area contributed by atoms with Crippen LogP contribution in [0.25, 0.3) is 18.8 Å². The third-order valence-corrected chi connectivity index (χ3v) is 27.1. The summed E-state index contributed by atoms with van der Waals surface area (Å²) in [6, 6.07) is 0. The maximum absolute atomic E-state index is 4.06. The summed E-state index contributed by atoms with van der Waals surface area (Å²) in [6.07, 6.45) is 0. The molecule has 0 saturated carbocycles. The number of hydrogen-bond donors (Lipinski definition) is 0. The molecule has 27 heavy (non-hydrogen) atoms. The van der Waals surface area contributed by atoms with E-state index in [1.807, 2.05) is 34.0 Å². The Kier molecular flexibility index (Phi) is 5.68. The molecule has 0 aliphatic rings. The van der Waals surface area contributed by atoms with Crippen LogP contribution in [0.4, 0.5) is 0 Å². The van der Waals surface area contributed by atoms with Crippen LogP contribution >= 0.6 is 65.9 Å². The average molecular weight is 583 g/mol. The van der Waals surface area contributed by atoms with Gasteiger partial charge in [-0.1, -0.05) is 67.7 Å². The van der Waals surface area contributed by atoms with E-state index < -0.39 is 16.1 Å². The Hall–Kier alpha value is 1.01. The minimum Gasteiger partial charge on any atom is -0.133 e. The molecule has 0 spiro atoms. The van der Waals surface area contributed by atoms with Gasteiger partial charge in [0.25, 0.3) is 0 Å². The largest absolute Gasteiger partial charge is 0.133 e. The highest BCUT2D eigenvalue weighted by molar-refractivity contribution is 9.11. The van der Waals surface area contributed by atoms with E-state index >= 15 is 0 Å². The first-order chi connectivity index (χ1) is 12.0. The first-order valence-electron chi connectivity index (χ1n) is 9.35. The summed E-state index contributed by atoms with van der Waals surface area (Å²) in [4.78, 5) is 0. The summed E-state index contributed by atoms with van der Waals surface area (Å²) in [6.45, 7) is 24.5. The predicted octanol–water partition coefficient (Wildman–Crippen LogP) is 9.13. The van der Waals surface area contributed by atoms with Crippen molar-refractivity contribution >= 4 is 110 Å². The Balaban J connectivity index is 2.31. The highest BCUT2D eigenvalue weighted by atomic mass is 79.9. The van der Waals surface area contributed by atoms with Gasteiger partial charge in [0.1, 0.15) is 16.1 Å². The number of thiophene rings is 3. The summed E-state index contributed by atoms with van der Waals surface area (Å²) in [5.74, 6) is 0. The zero-order valence-corrected chi connectivity index (χ0v) is 25.6. The zero-order chi connectivity index (χ0) is 20.7. The second kappa shape index (κ2) is 6.76. The van der Waals surface area contributed by atoms with Crippen LogP contribution in [-0.4, -0.2) is 16.1 Å². The first-order valence-corrected chi connectivity index (χ1v) is 19.4. The molecule has 0 bridgehead atoms. The topological polar surface area (TPSA) is 0 Å². The molecule has 3 aromatic rings. The molecule has 0 unspecified atom stereocenters. The molecule has 0 radical (unpaired) electrons. The summed E-state index contributed by atoms with van der Waals surface area (Å²) >= 11 is 14.2. The van der Waals surface area contributed by atoms with Gasteiger partial charge in [-0.15, -0.1) is 34.0 Å². The van der Waals surface area contributed by atoms with E-state index in [0.717, 1.165) is 0 Å². The molecule has 7 heteroatoms. The SMILES string of the molecule is CC(C)(C)[Si](C)(C)c1sc2sc3sc([Si](C)(C)C(C)(C)C)c(Br)c3c2c1Br.